The number of rotatable bonds is 4. The van der Waals surface area contributed by atoms with E-state index in [-0.39, 0.29) is 4.90 Å². The third-order valence-corrected chi connectivity index (χ3v) is 5.55. The van der Waals surface area contributed by atoms with Crippen LogP contribution < -0.4 is 4.72 Å². The lowest BCUT2D eigenvalue weighted by Crippen LogP contribution is -2.44. The zero-order valence-corrected chi connectivity index (χ0v) is 13.2. The van der Waals surface area contributed by atoms with Crippen molar-refractivity contribution in [3.8, 4) is 0 Å². The Balaban J connectivity index is 2.18. The Hall–Kier alpha value is -0.920. The van der Waals surface area contributed by atoms with E-state index in [9.17, 15) is 18.3 Å². The zero-order valence-electron chi connectivity index (χ0n) is 10.8. The van der Waals surface area contributed by atoms with Crippen molar-refractivity contribution in [1.29, 1.82) is 0 Å². The largest absolute Gasteiger partial charge is 0.481 e. The highest BCUT2D eigenvalue weighted by Crippen LogP contribution is 2.26. The molecule has 2 rings (SSSR count). The van der Waals surface area contributed by atoms with E-state index in [0.29, 0.717) is 12.8 Å². The quantitative estimate of drug-likeness (QED) is 0.862. The van der Waals surface area contributed by atoms with Gasteiger partial charge in [-0.25, -0.2) is 13.1 Å². The number of aliphatic carboxylic acids is 1. The third kappa shape index (κ3) is 3.59. The van der Waals surface area contributed by atoms with Crippen LogP contribution in [0.25, 0.3) is 0 Å². The molecule has 2 unspecified atom stereocenters. The van der Waals surface area contributed by atoms with Crippen molar-refractivity contribution in [2.75, 3.05) is 0 Å². The maximum Gasteiger partial charge on any atom is 0.308 e. The minimum Gasteiger partial charge on any atom is -0.481 e. The van der Waals surface area contributed by atoms with Gasteiger partial charge in [0.2, 0.25) is 10.0 Å². The fourth-order valence-electron chi connectivity index (χ4n) is 2.45. The molecule has 0 spiro atoms. The number of nitrogens with one attached hydrogen (secondary N) is 1. The Morgan fingerprint density at radius 2 is 1.80 bits per heavy atom. The molecule has 0 heterocycles. The first kappa shape index (κ1) is 15.5. The van der Waals surface area contributed by atoms with Crippen molar-refractivity contribution in [3.63, 3.8) is 0 Å². The summed E-state index contributed by atoms with van der Waals surface area (Å²) in [5.74, 6) is -1.58. The molecule has 2 atom stereocenters. The van der Waals surface area contributed by atoms with Crippen LogP contribution in [0.4, 0.5) is 0 Å². The molecular formula is C13H16BrNO4S. The molecule has 0 saturated heterocycles. The summed E-state index contributed by atoms with van der Waals surface area (Å²) in [6, 6.07) is 5.74. The van der Waals surface area contributed by atoms with Gasteiger partial charge in [-0.05, 0) is 37.1 Å². The van der Waals surface area contributed by atoms with E-state index in [0.717, 1.165) is 17.3 Å². The molecule has 1 aliphatic carbocycles. The van der Waals surface area contributed by atoms with Crippen LogP contribution in [0.3, 0.4) is 0 Å². The third-order valence-electron chi connectivity index (χ3n) is 3.51. The predicted octanol–water partition coefficient (Wildman–Crippen LogP) is 2.37. The highest BCUT2D eigenvalue weighted by Gasteiger charge is 2.33. The summed E-state index contributed by atoms with van der Waals surface area (Å²) < 4.78 is 27.8. The molecule has 7 heteroatoms. The Kier molecular flexibility index (Phi) is 4.82. The second-order valence-corrected chi connectivity index (χ2v) is 7.54. The number of halogens is 1. The molecule has 5 nitrogen and oxygen atoms in total. The van der Waals surface area contributed by atoms with Crippen LogP contribution in [-0.4, -0.2) is 25.5 Å². The lowest BCUT2D eigenvalue weighted by Gasteiger charge is -2.28. The highest BCUT2D eigenvalue weighted by molar-refractivity contribution is 9.10. The standard InChI is InChI=1S/C13H16BrNO4S/c14-9-5-7-10(8-6-9)20(18,19)15-12-4-2-1-3-11(12)13(16)17/h5-8,11-12,15H,1-4H2,(H,16,17). The average molecular weight is 362 g/mol. The molecule has 20 heavy (non-hydrogen) atoms. The van der Waals surface area contributed by atoms with Crippen molar-refractivity contribution in [3.05, 3.63) is 28.7 Å². The van der Waals surface area contributed by atoms with Gasteiger partial charge in [0.05, 0.1) is 10.8 Å². The van der Waals surface area contributed by atoms with Crippen molar-refractivity contribution in [2.24, 2.45) is 5.92 Å². The normalized spacial score (nSPS) is 23.4. The maximum atomic E-state index is 12.3. The predicted molar refractivity (Wildman–Crippen MR) is 77.8 cm³/mol. The van der Waals surface area contributed by atoms with E-state index in [1.165, 1.54) is 12.1 Å². The fourth-order valence-corrected chi connectivity index (χ4v) is 4.02. The molecule has 1 aliphatic rings. The van der Waals surface area contributed by atoms with E-state index in [1.807, 2.05) is 0 Å². The Morgan fingerprint density at radius 3 is 2.40 bits per heavy atom. The number of carboxylic acids is 1. The van der Waals surface area contributed by atoms with Crippen molar-refractivity contribution in [1.82, 2.24) is 4.72 Å². The minimum absolute atomic E-state index is 0.149. The van der Waals surface area contributed by atoms with E-state index >= 15 is 0 Å². The molecule has 0 aliphatic heterocycles. The van der Waals surface area contributed by atoms with E-state index < -0.39 is 28.0 Å². The summed E-state index contributed by atoms with van der Waals surface area (Å²) >= 11 is 3.25. The maximum absolute atomic E-state index is 12.3. The van der Waals surface area contributed by atoms with E-state index in [2.05, 4.69) is 20.7 Å². The number of hydrogen-bond donors (Lipinski definition) is 2. The second kappa shape index (κ2) is 6.24. The van der Waals surface area contributed by atoms with Gasteiger partial charge in [-0.3, -0.25) is 4.79 Å². The lowest BCUT2D eigenvalue weighted by atomic mass is 9.85. The first-order valence-corrected chi connectivity index (χ1v) is 8.68. The molecule has 1 aromatic carbocycles. The topological polar surface area (TPSA) is 83.5 Å². The Bertz CT molecular complexity index is 585. The molecule has 110 valence electrons. The van der Waals surface area contributed by atoms with Gasteiger partial charge < -0.3 is 5.11 Å². The summed E-state index contributed by atoms with van der Waals surface area (Å²) in [4.78, 5) is 11.3. The van der Waals surface area contributed by atoms with Crippen LogP contribution in [0, 0.1) is 5.92 Å². The number of carbonyl (C=O) groups is 1. The van der Waals surface area contributed by atoms with Crippen LogP contribution in [0.2, 0.25) is 0 Å². The van der Waals surface area contributed by atoms with Gasteiger partial charge in [-0.1, -0.05) is 28.8 Å². The summed E-state index contributed by atoms with van der Waals surface area (Å²) in [5.41, 5.74) is 0. The van der Waals surface area contributed by atoms with E-state index in [1.54, 1.807) is 12.1 Å². The summed E-state index contributed by atoms with van der Waals surface area (Å²) in [6.07, 6.45) is 2.75. The van der Waals surface area contributed by atoms with Crippen molar-refractivity contribution in [2.45, 2.75) is 36.6 Å². The van der Waals surface area contributed by atoms with Gasteiger partial charge in [0.1, 0.15) is 0 Å². The monoisotopic (exact) mass is 361 g/mol. The lowest BCUT2D eigenvalue weighted by molar-refractivity contribution is -0.143. The smallest absolute Gasteiger partial charge is 0.308 e. The molecular weight excluding hydrogens is 346 g/mol. The Labute approximate surface area is 126 Å². The van der Waals surface area contributed by atoms with Crippen LogP contribution in [0.15, 0.2) is 33.6 Å². The number of carboxylic acid groups (broad SMARTS) is 1. The number of hydrogen-bond acceptors (Lipinski definition) is 3. The highest BCUT2D eigenvalue weighted by atomic mass is 79.9. The van der Waals surface area contributed by atoms with E-state index in [4.69, 9.17) is 0 Å². The number of benzene rings is 1. The van der Waals surface area contributed by atoms with Crippen LogP contribution in [-0.2, 0) is 14.8 Å². The summed E-state index contributed by atoms with van der Waals surface area (Å²) in [6.45, 7) is 0. The van der Waals surface area contributed by atoms with Crippen molar-refractivity contribution >= 4 is 31.9 Å². The molecule has 1 fully saturated rings. The zero-order chi connectivity index (χ0) is 14.8. The SMILES string of the molecule is O=C(O)C1CCCCC1NS(=O)(=O)c1ccc(Br)cc1. The Morgan fingerprint density at radius 1 is 1.20 bits per heavy atom. The van der Waals surface area contributed by atoms with Crippen LogP contribution in [0.5, 0.6) is 0 Å². The van der Waals surface area contributed by atoms with Gasteiger partial charge in [0, 0.05) is 10.5 Å². The van der Waals surface area contributed by atoms with Gasteiger partial charge in [-0.2, -0.15) is 0 Å². The molecule has 0 aromatic heterocycles. The van der Waals surface area contributed by atoms with Crippen molar-refractivity contribution < 1.29 is 18.3 Å². The molecule has 1 saturated carbocycles. The van der Waals surface area contributed by atoms with Gasteiger partial charge >= 0.3 is 5.97 Å². The van der Waals surface area contributed by atoms with Gasteiger partial charge in [0.15, 0.2) is 0 Å². The first-order valence-electron chi connectivity index (χ1n) is 6.41. The van der Waals surface area contributed by atoms with Gasteiger partial charge in [0.25, 0.3) is 0 Å². The second-order valence-electron chi connectivity index (χ2n) is 4.91. The molecule has 0 bridgehead atoms. The van der Waals surface area contributed by atoms with Crippen LogP contribution in [0.1, 0.15) is 25.7 Å². The minimum atomic E-state index is -3.68. The fraction of sp³-hybridized carbons (Fsp3) is 0.462. The van der Waals surface area contributed by atoms with Gasteiger partial charge in [-0.15, -0.1) is 0 Å². The molecule has 0 amide bonds. The average Bonchev–Trinajstić information content (AvgIpc) is 2.39. The van der Waals surface area contributed by atoms with Crippen LogP contribution >= 0.6 is 15.9 Å². The molecule has 0 radical (unpaired) electrons. The molecule has 1 aromatic rings. The number of sulfonamides is 1. The molecule has 2 N–H and O–H groups in total. The summed E-state index contributed by atoms with van der Waals surface area (Å²) in [7, 11) is -3.68. The summed E-state index contributed by atoms with van der Waals surface area (Å²) in [5, 5.41) is 9.17. The first-order chi connectivity index (χ1) is 9.40.